The highest BCUT2D eigenvalue weighted by Gasteiger charge is 2.07. The van der Waals surface area contributed by atoms with Gasteiger partial charge in [-0.05, 0) is 54.8 Å². The molecule has 3 rings (SSSR count). The summed E-state index contributed by atoms with van der Waals surface area (Å²) in [4.78, 5) is 16.4. The lowest BCUT2D eigenvalue weighted by Crippen LogP contribution is -2.11. The van der Waals surface area contributed by atoms with Gasteiger partial charge in [-0.1, -0.05) is 12.1 Å². The lowest BCUT2D eigenvalue weighted by atomic mass is 10.1. The summed E-state index contributed by atoms with van der Waals surface area (Å²) < 4.78 is 5.14. The largest absolute Gasteiger partial charge is 0.497 e. The molecular weight excluding hydrogens is 378 g/mol. The van der Waals surface area contributed by atoms with Crippen molar-refractivity contribution in [1.82, 2.24) is 15.2 Å². The molecule has 0 spiro atoms. The number of amides is 1. The van der Waals surface area contributed by atoms with Crippen molar-refractivity contribution in [3.8, 4) is 17.1 Å². The summed E-state index contributed by atoms with van der Waals surface area (Å²) >= 11 is 0. The number of nitrogens with two attached hydrogens (primary N) is 1. The maximum Gasteiger partial charge on any atom is 0.224 e. The van der Waals surface area contributed by atoms with Gasteiger partial charge >= 0.3 is 0 Å². The summed E-state index contributed by atoms with van der Waals surface area (Å²) in [5.74, 6) is 2.07. The van der Waals surface area contributed by atoms with Crippen molar-refractivity contribution in [1.29, 1.82) is 0 Å². The Balaban J connectivity index is 0.00000280. The van der Waals surface area contributed by atoms with E-state index in [4.69, 9.17) is 10.5 Å². The summed E-state index contributed by atoms with van der Waals surface area (Å²) in [6.45, 7) is 0.317. The fraction of sp³-hybridized carbons (Fsp3) is 0.250. The summed E-state index contributed by atoms with van der Waals surface area (Å²) in [7, 11) is 1.65. The number of anilines is 1. The third-order valence-corrected chi connectivity index (χ3v) is 4.18. The third-order valence-electron chi connectivity index (χ3n) is 4.18. The quantitative estimate of drug-likeness (QED) is 0.536. The molecule has 0 saturated carbocycles. The number of benzene rings is 2. The molecule has 3 aromatic rings. The number of rotatable bonds is 8. The molecule has 0 saturated heterocycles. The maximum atomic E-state index is 12.1. The molecule has 2 aromatic carbocycles. The molecule has 0 unspecified atom stereocenters. The van der Waals surface area contributed by atoms with E-state index in [-0.39, 0.29) is 18.3 Å². The van der Waals surface area contributed by atoms with Crippen LogP contribution >= 0.6 is 12.4 Å². The lowest BCUT2D eigenvalue weighted by molar-refractivity contribution is -0.116. The van der Waals surface area contributed by atoms with E-state index >= 15 is 0 Å². The molecule has 4 N–H and O–H groups in total. The van der Waals surface area contributed by atoms with Crippen molar-refractivity contribution in [2.24, 2.45) is 5.73 Å². The van der Waals surface area contributed by atoms with Gasteiger partial charge in [0.2, 0.25) is 5.91 Å². The average Bonchev–Trinajstić information content (AvgIpc) is 3.18. The fourth-order valence-corrected chi connectivity index (χ4v) is 2.69. The molecule has 8 heteroatoms. The van der Waals surface area contributed by atoms with Crippen LogP contribution in [0.15, 0.2) is 48.5 Å². The molecule has 0 aliphatic rings. The number of carbonyl (C=O) groups excluding carboxylic acids is 1. The van der Waals surface area contributed by atoms with E-state index in [1.807, 2.05) is 48.5 Å². The van der Waals surface area contributed by atoms with Crippen LogP contribution < -0.4 is 15.8 Å². The molecule has 1 aromatic heterocycles. The predicted octanol–water partition coefficient (Wildman–Crippen LogP) is 3.32. The van der Waals surface area contributed by atoms with E-state index in [2.05, 4.69) is 20.5 Å². The summed E-state index contributed by atoms with van der Waals surface area (Å²) in [5.41, 5.74) is 8.33. The van der Waals surface area contributed by atoms with Gasteiger partial charge in [0.25, 0.3) is 0 Å². The zero-order chi connectivity index (χ0) is 19.1. The van der Waals surface area contributed by atoms with E-state index in [9.17, 15) is 4.79 Å². The number of hydrogen-bond donors (Lipinski definition) is 3. The number of nitrogens with one attached hydrogen (secondary N) is 2. The van der Waals surface area contributed by atoms with Crippen molar-refractivity contribution in [2.75, 3.05) is 12.4 Å². The van der Waals surface area contributed by atoms with Gasteiger partial charge in [0.15, 0.2) is 5.82 Å². The molecule has 148 valence electrons. The minimum Gasteiger partial charge on any atom is -0.497 e. The fourth-order valence-electron chi connectivity index (χ4n) is 2.69. The Morgan fingerprint density at radius 1 is 1.14 bits per heavy atom. The standard InChI is InChI=1S/C20H23N5O2.ClH/c1-27-17-11-5-14(6-12-17)3-2-4-19(26)22-16-9-7-15(8-10-16)20-23-18(13-21)24-25-20;/h5-12H,2-4,13,21H2,1H3,(H,22,26)(H,23,24,25);1H. The Morgan fingerprint density at radius 2 is 1.86 bits per heavy atom. The van der Waals surface area contributed by atoms with Crippen LogP contribution in [0.4, 0.5) is 5.69 Å². The molecule has 0 radical (unpaired) electrons. The topological polar surface area (TPSA) is 106 Å². The summed E-state index contributed by atoms with van der Waals surface area (Å²) in [6, 6.07) is 15.3. The lowest BCUT2D eigenvalue weighted by Gasteiger charge is -2.06. The zero-order valence-electron chi connectivity index (χ0n) is 15.6. The molecule has 0 aliphatic carbocycles. The van der Waals surface area contributed by atoms with Crippen LogP contribution in [0.3, 0.4) is 0 Å². The average molecular weight is 402 g/mol. The second kappa shape index (κ2) is 10.4. The molecule has 7 nitrogen and oxygen atoms in total. The van der Waals surface area contributed by atoms with Crippen LogP contribution in [-0.2, 0) is 17.8 Å². The molecule has 0 atom stereocenters. The Hall–Kier alpha value is -2.90. The Bertz CT molecular complexity index is 878. The Labute approximate surface area is 170 Å². The molecule has 0 aliphatic heterocycles. The number of halogens is 1. The van der Waals surface area contributed by atoms with Crippen LogP contribution in [0, 0.1) is 0 Å². The zero-order valence-corrected chi connectivity index (χ0v) is 16.5. The van der Waals surface area contributed by atoms with Crippen molar-refractivity contribution in [3.05, 3.63) is 59.9 Å². The van der Waals surface area contributed by atoms with Gasteiger partial charge in [0.05, 0.1) is 13.7 Å². The molecule has 28 heavy (non-hydrogen) atoms. The van der Waals surface area contributed by atoms with Gasteiger partial charge < -0.3 is 15.8 Å². The molecule has 1 heterocycles. The van der Waals surface area contributed by atoms with E-state index in [0.717, 1.165) is 29.8 Å². The third kappa shape index (κ3) is 5.80. The predicted molar refractivity (Wildman–Crippen MR) is 112 cm³/mol. The second-order valence-corrected chi connectivity index (χ2v) is 6.14. The first-order valence-corrected chi connectivity index (χ1v) is 8.82. The van der Waals surface area contributed by atoms with Crippen LogP contribution in [0.25, 0.3) is 11.4 Å². The number of carbonyl (C=O) groups is 1. The van der Waals surface area contributed by atoms with Crippen molar-refractivity contribution in [2.45, 2.75) is 25.8 Å². The minimum absolute atomic E-state index is 0. The first-order valence-electron chi connectivity index (χ1n) is 8.82. The first kappa shape index (κ1) is 21.4. The minimum atomic E-state index is -0.000394. The number of H-pyrrole nitrogens is 1. The van der Waals surface area contributed by atoms with Gasteiger partial charge in [-0.15, -0.1) is 12.4 Å². The van der Waals surface area contributed by atoms with Crippen molar-refractivity contribution >= 4 is 24.0 Å². The number of nitrogens with zero attached hydrogens (tertiary/aromatic N) is 2. The van der Waals surface area contributed by atoms with E-state index < -0.39 is 0 Å². The number of aromatic nitrogens is 3. The first-order chi connectivity index (χ1) is 13.2. The molecular formula is C20H24ClN5O2. The smallest absolute Gasteiger partial charge is 0.224 e. The van der Waals surface area contributed by atoms with Gasteiger partial charge in [-0.2, -0.15) is 5.10 Å². The highest BCUT2D eigenvalue weighted by Crippen LogP contribution is 2.18. The van der Waals surface area contributed by atoms with E-state index in [0.29, 0.717) is 24.6 Å². The molecule has 1 amide bonds. The van der Waals surface area contributed by atoms with Crippen LogP contribution in [0.5, 0.6) is 5.75 Å². The van der Waals surface area contributed by atoms with Crippen molar-refractivity contribution < 1.29 is 9.53 Å². The maximum absolute atomic E-state index is 12.1. The number of ether oxygens (including phenoxy) is 1. The van der Waals surface area contributed by atoms with Crippen LogP contribution in [0.2, 0.25) is 0 Å². The Kier molecular flexibility index (Phi) is 7.98. The molecule has 0 bridgehead atoms. The highest BCUT2D eigenvalue weighted by molar-refractivity contribution is 5.90. The number of aromatic amines is 1. The van der Waals surface area contributed by atoms with Crippen molar-refractivity contribution in [3.63, 3.8) is 0 Å². The number of aryl methyl sites for hydroxylation is 1. The number of hydrogen-bond acceptors (Lipinski definition) is 5. The van der Waals surface area contributed by atoms with Crippen LogP contribution in [0.1, 0.15) is 24.2 Å². The number of methoxy groups -OCH3 is 1. The summed E-state index contributed by atoms with van der Waals surface area (Å²) in [6.07, 6.45) is 2.11. The monoisotopic (exact) mass is 401 g/mol. The van der Waals surface area contributed by atoms with Gasteiger partial charge in [0, 0.05) is 17.7 Å². The Morgan fingerprint density at radius 3 is 2.46 bits per heavy atom. The summed E-state index contributed by atoms with van der Waals surface area (Å²) in [5, 5.41) is 9.81. The van der Waals surface area contributed by atoms with Gasteiger partial charge in [-0.3, -0.25) is 9.89 Å². The van der Waals surface area contributed by atoms with Gasteiger partial charge in [0.1, 0.15) is 11.6 Å². The van der Waals surface area contributed by atoms with Crippen LogP contribution in [-0.4, -0.2) is 28.2 Å². The SMILES string of the molecule is COc1ccc(CCCC(=O)Nc2ccc(-c3n[nH]c(CN)n3)cc2)cc1.Cl. The normalized spacial score (nSPS) is 10.2. The second-order valence-electron chi connectivity index (χ2n) is 6.14. The van der Waals surface area contributed by atoms with E-state index in [1.165, 1.54) is 5.56 Å². The highest BCUT2D eigenvalue weighted by atomic mass is 35.5. The molecule has 0 fully saturated rings. The van der Waals surface area contributed by atoms with E-state index in [1.54, 1.807) is 7.11 Å². The van der Waals surface area contributed by atoms with Gasteiger partial charge in [-0.25, -0.2) is 4.98 Å².